The Bertz CT molecular complexity index is 1450. The van der Waals surface area contributed by atoms with E-state index in [1.165, 1.54) is 29.2 Å². The van der Waals surface area contributed by atoms with Crippen molar-refractivity contribution in [3.05, 3.63) is 92.9 Å². The average molecular weight is 667 g/mol. The fraction of sp³-hybridized carbons (Fsp3) is 0.310. The first-order valence-electron chi connectivity index (χ1n) is 12.9. The van der Waals surface area contributed by atoms with Crippen LogP contribution in [0, 0.1) is 0 Å². The third-order valence-corrected chi connectivity index (χ3v) is 10.1. The highest BCUT2D eigenvalue weighted by Gasteiger charge is 2.34. The molecule has 0 heterocycles. The molecular formula is C29H30BrCl2N3O4S. The van der Waals surface area contributed by atoms with Crippen LogP contribution in [-0.2, 0) is 26.2 Å². The Morgan fingerprint density at radius 3 is 2.27 bits per heavy atom. The van der Waals surface area contributed by atoms with Gasteiger partial charge in [-0.05, 0) is 61.7 Å². The molecule has 1 N–H and O–H groups in total. The lowest BCUT2D eigenvalue weighted by atomic mass is 10.1. The van der Waals surface area contributed by atoms with Crippen LogP contribution >= 0.6 is 39.1 Å². The Hall–Kier alpha value is -2.59. The molecule has 11 heteroatoms. The highest BCUT2D eigenvalue weighted by Crippen LogP contribution is 2.35. The maximum absolute atomic E-state index is 14.0. The van der Waals surface area contributed by atoms with Crippen LogP contribution in [-0.4, -0.2) is 43.8 Å². The predicted octanol–water partition coefficient (Wildman–Crippen LogP) is 6.43. The van der Waals surface area contributed by atoms with E-state index in [0.29, 0.717) is 0 Å². The molecule has 1 atom stereocenters. The first kappa shape index (κ1) is 30.4. The number of rotatable bonds is 10. The molecule has 7 nitrogen and oxygen atoms in total. The number of benzene rings is 3. The van der Waals surface area contributed by atoms with Gasteiger partial charge in [0, 0.05) is 17.1 Å². The molecule has 0 aliphatic heterocycles. The molecular weight excluding hydrogens is 637 g/mol. The molecule has 1 fully saturated rings. The van der Waals surface area contributed by atoms with Gasteiger partial charge in [-0.2, -0.15) is 0 Å². The van der Waals surface area contributed by atoms with Crippen LogP contribution in [0.3, 0.4) is 0 Å². The number of carbonyl (C=O) groups is 2. The zero-order valence-corrected chi connectivity index (χ0v) is 25.8. The molecule has 0 unspecified atom stereocenters. The van der Waals surface area contributed by atoms with Crippen molar-refractivity contribution in [1.82, 2.24) is 10.2 Å². The van der Waals surface area contributed by atoms with Gasteiger partial charge in [0.1, 0.15) is 12.6 Å². The summed E-state index contributed by atoms with van der Waals surface area (Å²) < 4.78 is 29.5. The lowest BCUT2D eigenvalue weighted by Crippen LogP contribution is -2.52. The maximum atomic E-state index is 14.0. The summed E-state index contributed by atoms with van der Waals surface area (Å²) >= 11 is 16.1. The van der Waals surface area contributed by atoms with Crippen molar-refractivity contribution in [2.45, 2.75) is 56.1 Å². The fourth-order valence-corrected chi connectivity index (χ4v) is 6.84. The van der Waals surface area contributed by atoms with Crippen molar-refractivity contribution in [2.24, 2.45) is 0 Å². The van der Waals surface area contributed by atoms with Gasteiger partial charge in [-0.25, -0.2) is 8.42 Å². The third kappa shape index (κ3) is 7.18. The van der Waals surface area contributed by atoms with Gasteiger partial charge >= 0.3 is 0 Å². The first-order valence-corrected chi connectivity index (χ1v) is 15.9. The second kappa shape index (κ2) is 13.4. The standard InChI is InChI=1S/C29H30BrCl2N3O4S/c1-20(29(37)33-23-8-5-6-9-23)34(18-21-14-16-22(30)17-15-21)27(36)19-35(26-13-7-12-25(31)28(26)32)40(38,39)24-10-3-2-4-11-24/h2-4,7,10-17,20,23H,5-6,8-9,18-19H2,1H3,(H,33,37)/t20-/m0/s1. The number of nitrogens with one attached hydrogen (secondary N) is 1. The van der Waals surface area contributed by atoms with Gasteiger partial charge in [-0.3, -0.25) is 13.9 Å². The van der Waals surface area contributed by atoms with Crippen molar-refractivity contribution in [2.75, 3.05) is 10.8 Å². The zero-order valence-electron chi connectivity index (χ0n) is 21.9. The van der Waals surface area contributed by atoms with Gasteiger partial charge in [-0.15, -0.1) is 0 Å². The Kier molecular flexibility index (Phi) is 10.2. The summed E-state index contributed by atoms with van der Waals surface area (Å²) in [5.41, 5.74) is 0.855. The second-order valence-electron chi connectivity index (χ2n) is 9.71. The van der Waals surface area contributed by atoms with Crippen LogP contribution in [0.1, 0.15) is 38.2 Å². The van der Waals surface area contributed by atoms with Gasteiger partial charge in [0.15, 0.2) is 0 Å². The topological polar surface area (TPSA) is 86.8 Å². The second-order valence-corrected chi connectivity index (χ2v) is 13.3. The molecule has 3 aromatic rings. The minimum Gasteiger partial charge on any atom is -0.352 e. The lowest BCUT2D eigenvalue weighted by Gasteiger charge is -2.32. The highest BCUT2D eigenvalue weighted by atomic mass is 79.9. The summed E-state index contributed by atoms with van der Waals surface area (Å²) in [4.78, 5) is 28.7. The molecule has 0 bridgehead atoms. The largest absolute Gasteiger partial charge is 0.352 e. The van der Waals surface area contributed by atoms with E-state index < -0.39 is 28.5 Å². The van der Waals surface area contributed by atoms with Gasteiger partial charge in [0.2, 0.25) is 11.8 Å². The molecule has 40 heavy (non-hydrogen) atoms. The van der Waals surface area contributed by atoms with Crippen LogP contribution in [0.15, 0.2) is 82.2 Å². The number of amides is 2. The van der Waals surface area contributed by atoms with Gasteiger partial charge in [0.05, 0.1) is 20.6 Å². The highest BCUT2D eigenvalue weighted by molar-refractivity contribution is 9.10. The fourth-order valence-electron chi connectivity index (χ4n) is 4.68. The van der Waals surface area contributed by atoms with E-state index in [9.17, 15) is 18.0 Å². The minimum atomic E-state index is -4.23. The smallest absolute Gasteiger partial charge is 0.264 e. The van der Waals surface area contributed by atoms with E-state index in [0.717, 1.165) is 40.0 Å². The normalized spacial score (nSPS) is 14.5. The molecule has 212 valence electrons. The summed E-state index contributed by atoms with van der Waals surface area (Å²) in [6.45, 7) is 1.17. The minimum absolute atomic E-state index is 0.00274. The van der Waals surface area contributed by atoms with E-state index >= 15 is 0 Å². The van der Waals surface area contributed by atoms with E-state index in [2.05, 4.69) is 21.2 Å². The van der Waals surface area contributed by atoms with Gasteiger partial charge < -0.3 is 10.2 Å². The van der Waals surface area contributed by atoms with Crippen LogP contribution in [0.4, 0.5) is 5.69 Å². The number of nitrogens with zero attached hydrogens (tertiary/aromatic N) is 2. The zero-order chi connectivity index (χ0) is 28.9. The Morgan fingerprint density at radius 2 is 1.62 bits per heavy atom. The Morgan fingerprint density at radius 1 is 0.975 bits per heavy atom. The monoisotopic (exact) mass is 665 g/mol. The van der Waals surface area contributed by atoms with Gasteiger partial charge in [-0.1, -0.05) is 88.4 Å². The third-order valence-electron chi connectivity index (χ3n) is 6.95. The molecule has 1 saturated carbocycles. The predicted molar refractivity (Wildman–Crippen MR) is 162 cm³/mol. The molecule has 1 aliphatic carbocycles. The summed E-state index contributed by atoms with van der Waals surface area (Å²) in [6.07, 6.45) is 3.89. The number of sulfonamides is 1. The number of carbonyl (C=O) groups excluding carboxylic acids is 2. The summed E-state index contributed by atoms with van der Waals surface area (Å²) in [5, 5.41) is 3.21. The van der Waals surface area contributed by atoms with Crippen molar-refractivity contribution in [3.63, 3.8) is 0 Å². The summed E-state index contributed by atoms with van der Waals surface area (Å²) in [5.74, 6) is -0.844. The van der Waals surface area contributed by atoms with E-state index in [1.54, 1.807) is 31.2 Å². The first-order chi connectivity index (χ1) is 19.1. The van der Waals surface area contributed by atoms with Crippen molar-refractivity contribution in [1.29, 1.82) is 0 Å². The molecule has 1 aliphatic rings. The van der Waals surface area contributed by atoms with E-state index in [-0.39, 0.29) is 39.1 Å². The van der Waals surface area contributed by atoms with Crippen LogP contribution < -0.4 is 9.62 Å². The molecule has 2 amide bonds. The summed E-state index contributed by atoms with van der Waals surface area (Å²) in [7, 11) is -4.23. The van der Waals surface area contributed by atoms with Crippen molar-refractivity contribution < 1.29 is 18.0 Å². The average Bonchev–Trinajstić information content (AvgIpc) is 3.46. The van der Waals surface area contributed by atoms with E-state index in [1.807, 2.05) is 24.3 Å². The Labute approximate surface area is 253 Å². The number of halogens is 3. The molecule has 3 aromatic carbocycles. The van der Waals surface area contributed by atoms with Crippen LogP contribution in [0.2, 0.25) is 10.0 Å². The maximum Gasteiger partial charge on any atom is 0.264 e. The molecule has 0 aromatic heterocycles. The number of hydrogen-bond donors (Lipinski definition) is 1. The lowest BCUT2D eigenvalue weighted by molar-refractivity contribution is -0.139. The van der Waals surface area contributed by atoms with Crippen LogP contribution in [0.5, 0.6) is 0 Å². The number of hydrogen-bond acceptors (Lipinski definition) is 4. The molecule has 4 rings (SSSR count). The van der Waals surface area contributed by atoms with Gasteiger partial charge in [0.25, 0.3) is 10.0 Å². The molecule has 0 saturated heterocycles. The molecule has 0 radical (unpaired) electrons. The number of anilines is 1. The Balaban J connectivity index is 1.70. The SMILES string of the molecule is C[C@@H](C(=O)NC1CCCC1)N(Cc1ccc(Br)cc1)C(=O)CN(c1cccc(Cl)c1Cl)S(=O)(=O)c1ccccc1. The van der Waals surface area contributed by atoms with E-state index in [4.69, 9.17) is 23.2 Å². The van der Waals surface area contributed by atoms with Crippen molar-refractivity contribution in [3.8, 4) is 0 Å². The van der Waals surface area contributed by atoms with Crippen LogP contribution in [0.25, 0.3) is 0 Å². The quantitative estimate of drug-likeness (QED) is 0.270. The summed E-state index contributed by atoms with van der Waals surface area (Å²) in [6, 6.07) is 19.0. The molecule has 0 spiro atoms. The van der Waals surface area contributed by atoms with Crippen molar-refractivity contribution >= 4 is 66.7 Å².